The lowest BCUT2D eigenvalue weighted by Gasteiger charge is -2.11. The molecular formula is C16H14N2O2S. The van der Waals surface area contributed by atoms with Crippen molar-refractivity contribution in [1.82, 2.24) is 0 Å². The lowest BCUT2D eigenvalue weighted by molar-refractivity contribution is -0.136. The van der Waals surface area contributed by atoms with Crippen molar-refractivity contribution in [3.8, 4) is 0 Å². The Kier molecular flexibility index (Phi) is 3.58. The number of benzene rings is 1. The number of carbonyl (C=O) groups is 1. The summed E-state index contributed by atoms with van der Waals surface area (Å²) < 4.78 is 0. The first kappa shape index (κ1) is 13.6. The van der Waals surface area contributed by atoms with Crippen LogP contribution in [0.5, 0.6) is 0 Å². The van der Waals surface area contributed by atoms with Gasteiger partial charge < -0.3 is 9.74 Å². The molecule has 4 nitrogen and oxygen atoms in total. The van der Waals surface area contributed by atoms with Gasteiger partial charge in [0.2, 0.25) is 0 Å². The quantitative estimate of drug-likeness (QED) is 0.645. The number of hydrogen-bond donors (Lipinski definition) is 0. The molecule has 1 aromatic carbocycles. The van der Waals surface area contributed by atoms with Crippen molar-refractivity contribution in [3.05, 3.63) is 57.8 Å². The van der Waals surface area contributed by atoms with Gasteiger partial charge in [-0.25, -0.2) is 4.79 Å². The molecule has 0 saturated carbocycles. The summed E-state index contributed by atoms with van der Waals surface area (Å²) in [6, 6.07) is 11.8. The first-order valence-electron chi connectivity index (χ1n) is 6.48. The van der Waals surface area contributed by atoms with Crippen LogP contribution in [0.15, 0.2) is 52.5 Å². The second-order valence-electron chi connectivity index (χ2n) is 4.84. The van der Waals surface area contributed by atoms with Gasteiger partial charge >= 0.3 is 5.97 Å². The van der Waals surface area contributed by atoms with E-state index in [1.165, 1.54) is 11.3 Å². The first-order valence-corrected chi connectivity index (χ1v) is 7.36. The average Bonchev–Trinajstić information content (AvgIpc) is 3.10. The highest BCUT2D eigenvalue weighted by atomic mass is 32.1. The molecule has 5 heteroatoms. The van der Waals surface area contributed by atoms with Crippen LogP contribution in [-0.2, 0) is 9.63 Å². The van der Waals surface area contributed by atoms with Crippen LogP contribution in [0.1, 0.15) is 10.4 Å². The molecule has 21 heavy (non-hydrogen) atoms. The molecule has 0 saturated heterocycles. The molecule has 2 aromatic rings. The maximum atomic E-state index is 11.9. The van der Waals surface area contributed by atoms with Gasteiger partial charge in [0.15, 0.2) is 0 Å². The van der Waals surface area contributed by atoms with Gasteiger partial charge in [0.25, 0.3) is 0 Å². The van der Waals surface area contributed by atoms with Crippen LogP contribution in [-0.4, -0.2) is 25.8 Å². The third-order valence-corrected chi connectivity index (χ3v) is 4.05. The van der Waals surface area contributed by atoms with E-state index in [9.17, 15) is 4.79 Å². The molecule has 0 N–H and O–H groups in total. The van der Waals surface area contributed by atoms with Crippen LogP contribution in [0.2, 0.25) is 0 Å². The minimum Gasteiger partial charge on any atom is -0.378 e. The fourth-order valence-electron chi connectivity index (χ4n) is 2.04. The van der Waals surface area contributed by atoms with E-state index < -0.39 is 5.97 Å². The van der Waals surface area contributed by atoms with E-state index in [2.05, 4.69) is 5.16 Å². The van der Waals surface area contributed by atoms with Gasteiger partial charge in [-0.3, -0.25) is 0 Å². The monoisotopic (exact) mass is 298 g/mol. The molecule has 0 aliphatic carbocycles. The highest BCUT2D eigenvalue weighted by molar-refractivity contribution is 7.12. The molecule has 3 rings (SSSR count). The Morgan fingerprint density at radius 1 is 1.19 bits per heavy atom. The predicted octanol–water partition coefficient (Wildman–Crippen LogP) is 3.16. The van der Waals surface area contributed by atoms with Crippen LogP contribution < -0.4 is 4.90 Å². The zero-order chi connectivity index (χ0) is 14.8. The van der Waals surface area contributed by atoms with Crippen LogP contribution in [0.25, 0.3) is 6.08 Å². The number of rotatable bonds is 3. The number of nitrogens with zero attached hydrogens (tertiary/aromatic N) is 2. The summed E-state index contributed by atoms with van der Waals surface area (Å²) in [6.45, 7) is 0. The molecule has 106 valence electrons. The van der Waals surface area contributed by atoms with Crippen LogP contribution in [0, 0.1) is 0 Å². The molecular weight excluding hydrogens is 284 g/mol. The van der Waals surface area contributed by atoms with Crippen molar-refractivity contribution in [2.75, 3.05) is 19.0 Å². The zero-order valence-corrected chi connectivity index (χ0v) is 12.6. The third-order valence-electron chi connectivity index (χ3n) is 3.17. The van der Waals surface area contributed by atoms with Gasteiger partial charge in [0, 0.05) is 19.8 Å². The summed E-state index contributed by atoms with van der Waals surface area (Å²) in [5, 5.41) is 5.83. The molecule has 1 aromatic heterocycles. The zero-order valence-electron chi connectivity index (χ0n) is 11.7. The molecule has 1 aliphatic rings. The summed E-state index contributed by atoms with van der Waals surface area (Å²) in [5.74, 6) is -0.407. The summed E-state index contributed by atoms with van der Waals surface area (Å²) in [6.07, 6.45) is 1.81. The van der Waals surface area contributed by atoms with E-state index in [-0.39, 0.29) is 0 Å². The van der Waals surface area contributed by atoms with Crippen molar-refractivity contribution in [1.29, 1.82) is 0 Å². The second kappa shape index (κ2) is 5.54. The Balaban J connectivity index is 1.93. The van der Waals surface area contributed by atoms with Gasteiger partial charge in [0.1, 0.15) is 5.71 Å². The Hall–Kier alpha value is -2.40. The SMILES string of the molecule is CN(C)c1ccc(/C=C2\C(=O)ON=C2c2cccs2)cc1. The number of thiophene rings is 1. The molecule has 0 unspecified atom stereocenters. The van der Waals surface area contributed by atoms with Crippen LogP contribution in [0.3, 0.4) is 0 Å². The van der Waals surface area contributed by atoms with Gasteiger partial charge in [-0.05, 0) is 35.2 Å². The molecule has 0 radical (unpaired) electrons. The maximum absolute atomic E-state index is 11.9. The summed E-state index contributed by atoms with van der Waals surface area (Å²) in [5.41, 5.74) is 3.15. The number of carbonyl (C=O) groups excluding carboxylic acids is 1. The molecule has 0 atom stereocenters. The Bertz CT molecular complexity index is 713. The highest BCUT2D eigenvalue weighted by Gasteiger charge is 2.27. The molecule has 0 amide bonds. The van der Waals surface area contributed by atoms with Gasteiger partial charge in [-0.15, -0.1) is 11.3 Å². The minimum absolute atomic E-state index is 0.407. The van der Waals surface area contributed by atoms with Crippen molar-refractivity contribution in [2.45, 2.75) is 0 Å². The first-order chi connectivity index (χ1) is 10.1. The topological polar surface area (TPSA) is 41.9 Å². The van der Waals surface area contributed by atoms with Gasteiger partial charge in [0.05, 0.1) is 10.5 Å². The smallest absolute Gasteiger partial charge is 0.368 e. The number of anilines is 1. The van der Waals surface area contributed by atoms with Crippen LogP contribution >= 0.6 is 11.3 Å². The molecule has 0 fully saturated rings. The Morgan fingerprint density at radius 3 is 2.57 bits per heavy atom. The van der Waals surface area contributed by atoms with Gasteiger partial charge in [-0.1, -0.05) is 23.4 Å². The third kappa shape index (κ3) is 2.73. The van der Waals surface area contributed by atoms with E-state index in [0.29, 0.717) is 11.3 Å². The number of hydrogen-bond acceptors (Lipinski definition) is 5. The van der Waals surface area contributed by atoms with Gasteiger partial charge in [-0.2, -0.15) is 0 Å². The molecule has 0 bridgehead atoms. The summed E-state index contributed by atoms with van der Waals surface area (Å²) in [4.78, 5) is 19.6. The lowest BCUT2D eigenvalue weighted by atomic mass is 10.1. The van der Waals surface area contributed by atoms with Crippen molar-refractivity contribution in [2.24, 2.45) is 5.16 Å². The standard InChI is InChI=1S/C16H14N2O2S/c1-18(2)12-7-5-11(6-8-12)10-13-15(17-20-16(13)19)14-4-3-9-21-14/h3-10H,1-2H3/b13-10-. The lowest BCUT2D eigenvalue weighted by Crippen LogP contribution is -2.08. The predicted molar refractivity (Wildman–Crippen MR) is 85.7 cm³/mol. The maximum Gasteiger partial charge on any atom is 0.368 e. The normalized spacial score (nSPS) is 16.0. The summed E-state index contributed by atoms with van der Waals surface area (Å²) in [7, 11) is 3.98. The van der Waals surface area contributed by atoms with Crippen molar-refractivity contribution in [3.63, 3.8) is 0 Å². The molecule has 2 heterocycles. The van der Waals surface area contributed by atoms with E-state index in [4.69, 9.17) is 4.84 Å². The molecule has 0 spiro atoms. The number of oxime groups is 1. The Labute approximate surface area is 127 Å². The fourth-order valence-corrected chi connectivity index (χ4v) is 2.76. The fraction of sp³-hybridized carbons (Fsp3) is 0.125. The minimum atomic E-state index is -0.407. The van der Waals surface area contributed by atoms with Crippen LogP contribution in [0.4, 0.5) is 5.69 Å². The summed E-state index contributed by atoms with van der Waals surface area (Å²) >= 11 is 1.53. The van der Waals surface area contributed by atoms with Crippen molar-refractivity contribution < 1.29 is 9.63 Å². The van der Waals surface area contributed by atoms with E-state index in [1.54, 1.807) is 0 Å². The second-order valence-corrected chi connectivity index (χ2v) is 5.79. The molecule has 1 aliphatic heterocycles. The van der Waals surface area contributed by atoms with E-state index in [1.807, 2.05) is 66.8 Å². The van der Waals surface area contributed by atoms with E-state index >= 15 is 0 Å². The van der Waals surface area contributed by atoms with E-state index in [0.717, 1.165) is 16.1 Å². The highest BCUT2D eigenvalue weighted by Crippen LogP contribution is 2.24. The van der Waals surface area contributed by atoms with Crippen molar-refractivity contribution >= 4 is 34.8 Å². The largest absolute Gasteiger partial charge is 0.378 e. The average molecular weight is 298 g/mol. The Morgan fingerprint density at radius 2 is 1.95 bits per heavy atom.